The van der Waals surface area contributed by atoms with Crippen LogP contribution in [0.1, 0.15) is 18.4 Å². The number of hydrogen-bond acceptors (Lipinski definition) is 10. The van der Waals surface area contributed by atoms with Crippen LogP contribution in [0.5, 0.6) is 0 Å². The second-order valence-electron chi connectivity index (χ2n) is 10.0. The lowest BCUT2D eigenvalue weighted by molar-refractivity contribution is -0.866. The number of nitrogens with zero attached hydrogens (tertiary/aromatic N) is 5. The lowest BCUT2D eigenvalue weighted by Gasteiger charge is -2.62. The molecule has 5 heterocycles. The monoisotopic (exact) mass is 485 g/mol. The lowest BCUT2D eigenvalue weighted by atomic mass is 9.47. The average molecular weight is 485 g/mol. The van der Waals surface area contributed by atoms with Crippen LogP contribution in [0.25, 0.3) is 0 Å². The van der Waals surface area contributed by atoms with Crippen molar-refractivity contribution in [2.24, 2.45) is 11.8 Å². The summed E-state index contributed by atoms with van der Waals surface area (Å²) in [5.41, 5.74) is -5.19. The van der Waals surface area contributed by atoms with Crippen molar-refractivity contribution < 1.29 is 29.3 Å². The van der Waals surface area contributed by atoms with Crippen molar-refractivity contribution in [3.05, 3.63) is 71.8 Å². The van der Waals surface area contributed by atoms with Crippen LogP contribution in [0, 0.1) is 42.2 Å². The Morgan fingerprint density at radius 3 is 2.60 bits per heavy atom. The number of fused-ring (bicyclic) bond motifs is 2. The van der Waals surface area contributed by atoms with Crippen LogP contribution >= 0.6 is 0 Å². The molecule has 7 atom stereocenters. The quantitative estimate of drug-likeness (QED) is 0.253. The van der Waals surface area contributed by atoms with Gasteiger partial charge >= 0.3 is 16.5 Å². The summed E-state index contributed by atoms with van der Waals surface area (Å²) in [4.78, 5) is 58.5. The highest BCUT2D eigenvalue weighted by Crippen LogP contribution is 2.73. The summed E-state index contributed by atoms with van der Waals surface area (Å²) in [6.45, 7) is 0.457. The number of piperidine rings is 2. The molecule has 0 aromatic heterocycles. The minimum atomic E-state index is -2.61. The van der Waals surface area contributed by atoms with Crippen molar-refractivity contribution in [2.45, 2.75) is 41.8 Å². The molecule has 2 bridgehead atoms. The van der Waals surface area contributed by atoms with Gasteiger partial charge in [0.2, 0.25) is 5.91 Å². The van der Waals surface area contributed by atoms with Crippen molar-refractivity contribution in [2.75, 3.05) is 24.6 Å². The van der Waals surface area contributed by atoms with Gasteiger partial charge in [-0.3, -0.25) is 29.9 Å². The van der Waals surface area contributed by atoms with E-state index in [4.69, 9.17) is 9.57 Å². The molecule has 0 radical (unpaired) electrons. The fourth-order valence-corrected chi connectivity index (χ4v) is 8.57. The van der Waals surface area contributed by atoms with Gasteiger partial charge in [-0.15, -0.1) is 10.1 Å². The van der Waals surface area contributed by atoms with E-state index in [0.717, 1.165) is 0 Å². The third kappa shape index (κ3) is 1.90. The van der Waals surface area contributed by atoms with E-state index in [0.29, 0.717) is 16.8 Å². The van der Waals surface area contributed by atoms with Gasteiger partial charge < -0.3 is 4.74 Å². The Labute approximate surface area is 196 Å². The SMILES string of the molecule is O=C1CC2OCC=C3CN4CC[C@]56c7ccccc7N1C5([N+](=O)[O-])[C@H]2[C@H]3C(O[N+](=O)[O-])([N+](=O)[O-])[C@@H]46. The number of carbonyl (C=O) groups excluding carboxylic acids is 1. The van der Waals surface area contributed by atoms with Gasteiger partial charge in [-0.05, 0) is 23.6 Å². The minimum Gasteiger partial charge on any atom is -0.373 e. The Balaban J connectivity index is 1.68. The van der Waals surface area contributed by atoms with Crippen molar-refractivity contribution in [1.29, 1.82) is 0 Å². The molecule has 1 saturated carbocycles. The minimum absolute atomic E-state index is 0.0151. The second-order valence-corrected chi connectivity index (χ2v) is 10.0. The van der Waals surface area contributed by atoms with Gasteiger partial charge in [-0.2, -0.15) is 0 Å². The Morgan fingerprint density at radius 2 is 1.89 bits per heavy atom. The van der Waals surface area contributed by atoms with Crippen LogP contribution in [0.2, 0.25) is 0 Å². The maximum absolute atomic E-state index is 13.6. The van der Waals surface area contributed by atoms with E-state index in [1.54, 1.807) is 35.2 Å². The van der Waals surface area contributed by atoms with Crippen molar-refractivity contribution in [1.82, 2.24) is 4.90 Å². The summed E-state index contributed by atoms with van der Waals surface area (Å²) in [6.07, 6.45) is 0.427. The van der Waals surface area contributed by atoms with Crippen LogP contribution in [-0.2, 0) is 19.8 Å². The van der Waals surface area contributed by atoms with Crippen molar-refractivity contribution in [3.8, 4) is 0 Å². The molecule has 14 heteroatoms. The molecule has 5 aliphatic heterocycles. The predicted octanol–water partition coefficient (Wildman–Crippen LogP) is 0.488. The summed E-state index contributed by atoms with van der Waals surface area (Å²) in [6, 6.07) is 5.22. The topological polar surface area (TPSA) is 171 Å². The molecule has 182 valence electrons. The van der Waals surface area contributed by atoms with Crippen LogP contribution < -0.4 is 4.90 Å². The Hall–Kier alpha value is -3.65. The van der Waals surface area contributed by atoms with E-state index < -0.39 is 61.6 Å². The second kappa shape index (κ2) is 6.12. The molecule has 6 aliphatic rings. The third-order valence-corrected chi connectivity index (χ3v) is 9.16. The van der Waals surface area contributed by atoms with Crippen LogP contribution in [-0.4, -0.2) is 69.0 Å². The number of amides is 1. The number of hydrogen-bond donors (Lipinski definition) is 0. The first-order chi connectivity index (χ1) is 16.7. The highest BCUT2D eigenvalue weighted by atomic mass is 17.0. The van der Waals surface area contributed by atoms with Gasteiger partial charge in [0.15, 0.2) is 0 Å². The van der Waals surface area contributed by atoms with E-state index in [-0.39, 0.29) is 32.5 Å². The van der Waals surface area contributed by atoms with Crippen LogP contribution in [0.15, 0.2) is 35.9 Å². The molecule has 1 spiro atoms. The first kappa shape index (κ1) is 20.7. The zero-order valence-electron chi connectivity index (χ0n) is 18.1. The molecule has 3 saturated heterocycles. The molecule has 14 nitrogen and oxygen atoms in total. The fraction of sp³-hybridized carbons (Fsp3) is 0.571. The van der Waals surface area contributed by atoms with E-state index in [9.17, 15) is 35.1 Å². The zero-order chi connectivity index (χ0) is 24.5. The normalized spacial score (nSPS) is 42.1. The molecule has 7 rings (SSSR count). The summed E-state index contributed by atoms with van der Waals surface area (Å²) in [5.74, 6) is -3.08. The van der Waals surface area contributed by atoms with E-state index >= 15 is 0 Å². The lowest BCUT2D eigenvalue weighted by Crippen LogP contribution is -2.87. The van der Waals surface area contributed by atoms with Gasteiger partial charge in [-0.25, -0.2) is 9.74 Å². The van der Waals surface area contributed by atoms with Crippen molar-refractivity contribution >= 4 is 11.6 Å². The largest absolute Gasteiger partial charge is 0.387 e. The first-order valence-electron chi connectivity index (χ1n) is 11.3. The van der Waals surface area contributed by atoms with E-state index in [1.807, 2.05) is 0 Å². The molecule has 1 amide bonds. The first-order valence-corrected chi connectivity index (χ1v) is 11.3. The molecule has 35 heavy (non-hydrogen) atoms. The van der Waals surface area contributed by atoms with Crippen LogP contribution in [0.3, 0.4) is 0 Å². The molecule has 3 unspecified atom stereocenters. The maximum Gasteiger partial charge on any atom is 0.387 e. The smallest absolute Gasteiger partial charge is 0.373 e. The van der Waals surface area contributed by atoms with E-state index in [2.05, 4.69) is 0 Å². The molecule has 0 N–H and O–H groups in total. The number of para-hydroxylation sites is 1. The molecule has 1 aromatic carbocycles. The average Bonchev–Trinajstić information content (AvgIpc) is 3.25. The number of anilines is 1. The Kier molecular flexibility index (Phi) is 3.62. The molecule has 1 aliphatic carbocycles. The molecule has 1 aromatic rings. The fourth-order valence-electron chi connectivity index (χ4n) is 8.57. The van der Waals surface area contributed by atoms with Gasteiger partial charge in [0, 0.05) is 13.1 Å². The number of rotatable bonds is 4. The molecular formula is C21H19N5O9. The maximum atomic E-state index is 13.6. The van der Waals surface area contributed by atoms with Gasteiger partial charge in [0.1, 0.15) is 11.5 Å². The van der Waals surface area contributed by atoms with Gasteiger partial charge in [0.05, 0.1) is 46.5 Å². The summed E-state index contributed by atoms with van der Waals surface area (Å²) < 4.78 is 5.95. The number of benzene rings is 1. The Morgan fingerprint density at radius 1 is 1.11 bits per heavy atom. The highest BCUT2D eigenvalue weighted by molar-refractivity contribution is 6.00. The summed E-state index contributed by atoms with van der Waals surface area (Å²) in [7, 11) is 0. The van der Waals surface area contributed by atoms with E-state index in [1.165, 1.54) is 4.90 Å². The molecular weight excluding hydrogens is 466 g/mol. The Bertz CT molecular complexity index is 1290. The van der Waals surface area contributed by atoms with Crippen molar-refractivity contribution in [3.63, 3.8) is 0 Å². The highest BCUT2D eigenvalue weighted by Gasteiger charge is 2.94. The zero-order valence-corrected chi connectivity index (χ0v) is 18.1. The molecule has 4 fully saturated rings. The standard InChI is InChI=1S/C21H19N5O9/c27-15-9-14-17-16-11(5-8-34-14)10-22-7-6-19(18(22)20(16,24(28)29)35-26(32)33)12-3-1-2-4-13(12)23(15)21(17,19)25(30)31/h1-5,14,16-18H,6-10H2/t14?,16-,17+,18-,19+,20?,21?/m0/s1. The third-order valence-electron chi connectivity index (χ3n) is 9.16. The van der Waals surface area contributed by atoms with Crippen LogP contribution in [0.4, 0.5) is 5.69 Å². The van der Waals surface area contributed by atoms with Gasteiger partial charge in [-0.1, -0.05) is 24.3 Å². The number of ether oxygens (including phenoxy) is 1. The van der Waals surface area contributed by atoms with Gasteiger partial charge in [0.25, 0.3) is 0 Å². The predicted molar refractivity (Wildman–Crippen MR) is 113 cm³/mol. The summed E-state index contributed by atoms with van der Waals surface area (Å²) in [5, 5.41) is 37.0. The summed E-state index contributed by atoms with van der Waals surface area (Å²) >= 11 is 0. The number of carbonyl (C=O) groups is 1. The number of nitro groups is 2.